The molecule has 0 bridgehead atoms. The predicted octanol–water partition coefficient (Wildman–Crippen LogP) is 3.79. The molecule has 0 amide bonds. The molecule has 128 valence electrons. The van der Waals surface area contributed by atoms with E-state index in [9.17, 15) is 22.4 Å². The molecule has 2 aromatic heterocycles. The highest BCUT2D eigenvalue weighted by atomic mass is 19.4. The standard InChI is InChI=1S/C16H9F4N3O2/c17-12-6-10(3-4-11(12)16(18,19)20)23-14(7-13(22-23)15(24)25)9-2-1-5-21-8-9/h1-8H,(H,24,25). The molecule has 0 fully saturated rings. The van der Waals surface area contributed by atoms with Crippen molar-refractivity contribution in [3.63, 3.8) is 0 Å². The van der Waals surface area contributed by atoms with Gasteiger partial charge in [-0.15, -0.1) is 0 Å². The smallest absolute Gasteiger partial charge is 0.419 e. The summed E-state index contributed by atoms with van der Waals surface area (Å²) >= 11 is 0. The lowest BCUT2D eigenvalue weighted by Crippen LogP contribution is -2.09. The largest absolute Gasteiger partial charge is 0.476 e. The van der Waals surface area contributed by atoms with Gasteiger partial charge in [-0.25, -0.2) is 13.9 Å². The van der Waals surface area contributed by atoms with Crippen molar-refractivity contribution in [1.82, 2.24) is 14.8 Å². The van der Waals surface area contributed by atoms with E-state index in [2.05, 4.69) is 10.1 Å². The molecule has 0 radical (unpaired) electrons. The summed E-state index contributed by atoms with van der Waals surface area (Å²) in [5.41, 5.74) is -1.06. The zero-order valence-electron chi connectivity index (χ0n) is 12.3. The molecule has 2 heterocycles. The number of carboxylic acid groups (broad SMARTS) is 1. The van der Waals surface area contributed by atoms with Crippen LogP contribution in [-0.4, -0.2) is 25.8 Å². The third-order valence-electron chi connectivity index (χ3n) is 3.39. The van der Waals surface area contributed by atoms with E-state index in [1.165, 1.54) is 18.5 Å². The van der Waals surface area contributed by atoms with Crippen molar-refractivity contribution in [2.45, 2.75) is 6.18 Å². The van der Waals surface area contributed by atoms with Crippen LogP contribution in [0.15, 0.2) is 48.8 Å². The van der Waals surface area contributed by atoms with Crippen molar-refractivity contribution < 1.29 is 27.5 Å². The van der Waals surface area contributed by atoms with E-state index in [4.69, 9.17) is 5.11 Å². The number of carboxylic acids is 1. The fraction of sp³-hybridized carbons (Fsp3) is 0.0625. The van der Waals surface area contributed by atoms with Gasteiger partial charge in [-0.05, 0) is 30.3 Å². The van der Waals surface area contributed by atoms with Crippen molar-refractivity contribution >= 4 is 5.97 Å². The Morgan fingerprint density at radius 2 is 1.92 bits per heavy atom. The zero-order valence-corrected chi connectivity index (χ0v) is 12.3. The second kappa shape index (κ2) is 6.00. The van der Waals surface area contributed by atoms with Crippen LogP contribution < -0.4 is 0 Å². The quantitative estimate of drug-likeness (QED) is 0.729. The Labute approximate surface area is 138 Å². The molecule has 1 N–H and O–H groups in total. The zero-order chi connectivity index (χ0) is 18.2. The lowest BCUT2D eigenvalue weighted by Gasteiger charge is -2.11. The Morgan fingerprint density at radius 3 is 2.48 bits per heavy atom. The maximum atomic E-state index is 13.8. The molecule has 0 spiro atoms. The van der Waals surface area contributed by atoms with Gasteiger partial charge < -0.3 is 5.11 Å². The molecule has 0 saturated heterocycles. The van der Waals surface area contributed by atoms with Crippen LogP contribution in [0.3, 0.4) is 0 Å². The Bertz CT molecular complexity index is 936. The summed E-state index contributed by atoms with van der Waals surface area (Å²) in [6.07, 6.45) is -1.90. The van der Waals surface area contributed by atoms with Gasteiger partial charge in [-0.2, -0.15) is 18.3 Å². The summed E-state index contributed by atoms with van der Waals surface area (Å²) in [4.78, 5) is 15.1. The van der Waals surface area contributed by atoms with Gasteiger partial charge in [0, 0.05) is 24.0 Å². The van der Waals surface area contributed by atoms with Crippen LogP contribution in [0.1, 0.15) is 16.1 Å². The third kappa shape index (κ3) is 3.21. The lowest BCUT2D eigenvalue weighted by atomic mass is 10.1. The summed E-state index contributed by atoms with van der Waals surface area (Å²) in [5.74, 6) is -2.80. The van der Waals surface area contributed by atoms with Gasteiger partial charge in [0.05, 0.1) is 16.9 Å². The molecule has 0 aliphatic carbocycles. The first-order chi connectivity index (χ1) is 11.8. The Balaban J connectivity index is 2.17. The number of hydrogen-bond donors (Lipinski definition) is 1. The van der Waals surface area contributed by atoms with Crippen LogP contribution in [0.2, 0.25) is 0 Å². The topological polar surface area (TPSA) is 68.0 Å². The highest BCUT2D eigenvalue weighted by Crippen LogP contribution is 2.33. The highest BCUT2D eigenvalue weighted by Gasteiger charge is 2.34. The van der Waals surface area contributed by atoms with Gasteiger partial charge in [0.25, 0.3) is 0 Å². The molecular formula is C16H9F4N3O2. The number of aromatic carboxylic acids is 1. The average molecular weight is 351 g/mol. The Morgan fingerprint density at radius 1 is 1.16 bits per heavy atom. The first-order valence-corrected chi connectivity index (χ1v) is 6.88. The van der Waals surface area contributed by atoms with Gasteiger partial charge >= 0.3 is 12.1 Å². The second-order valence-electron chi connectivity index (χ2n) is 5.04. The molecule has 3 rings (SSSR count). The number of benzene rings is 1. The maximum absolute atomic E-state index is 13.8. The second-order valence-corrected chi connectivity index (χ2v) is 5.04. The summed E-state index contributed by atoms with van der Waals surface area (Å²) in [5, 5.41) is 12.9. The number of carbonyl (C=O) groups is 1. The van der Waals surface area contributed by atoms with Crippen LogP contribution in [0.5, 0.6) is 0 Å². The number of nitrogens with zero attached hydrogens (tertiary/aromatic N) is 3. The first-order valence-electron chi connectivity index (χ1n) is 6.88. The van der Waals surface area contributed by atoms with Gasteiger partial charge in [0.2, 0.25) is 0 Å². The fourth-order valence-electron chi connectivity index (χ4n) is 2.27. The summed E-state index contributed by atoms with van der Waals surface area (Å²) in [7, 11) is 0. The van der Waals surface area contributed by atoms with Gasteiger partial charge in [-0.1, -0.05) is 0 Å². The molecule has 0 saturated carbocycles. The monoisotopic (exact) mass is 351 g/mol. The Kier molecular flexibility index (Phi) is 3.99. The number of aromatic nitrogens is 3. The molecule has 0 aliphatic heterocycles. The summed E-state index contributed by atoms with van der Waals surface area (Å²) in [6, 6.07) is 6.70. The predicted molar refractivity (Wildman–Crippen MR) is 78.7 cm³/mol. The van der Waals surface area contributed by atoms with Crippen molar-refractivity contribution in [2.24, 2.45) is 0 Å². The van der Waals surface area contributed by atoms with Crippen LogP contribution in [0.25, 0.3) is 16.9 Å². The summed E-state index contributed by atoms with van der Waals surface area (Å²) < 4.78 is 53.0. The molecule has 3 aromatic rings. The van der Waals surface area contributed by atoms with E-state index in [1.54, 1.807) is 12.1 Å². The molecule has 0 unspecified atom stereocenters. The lowest BCUT2D eigenvalue weighted by molar-refractivity contribution is -0.140. The molecular weight excluding hydrogens is 342 g/mol. The first kappa shape index (κ1) is 16.6. The third-order valence-corrected chi connectivity index (χ3v) is 3.39. The van der Waals surface area contributed by atoms with Crippen molar-refractivity contribution in [2.75, 3.05) is 0 Å². The minimum atomic E-state index is -4.83. The van der Waals surface area contributed by atoms with E-state index in [-0.39, 0.29) is 17.1 Å². The van der Waals surface area contributed by atoms with E-state index < -0.39 is 23.5 Å². The number of hydrogen-bond acceptors (Lipinski definition) is 3. The van der Waals surface area contributed by atoms with E-state index in [1.807, 2.05) is 0 Å². The fourth-order valence-corrected chi connectivity index (χ4v) is 2.27. The molecule has 5 nitrogen and oxygen atoms in total. The molecule has 25 heavy (non-hydrogen) atoms. The number of pyridine rings is 1. The highest BCUT2D eigenvalue weighted by molar-refractivity contribution is 5.87. The molecule has 0 atom stereocenters. The van der Waals surface area contributed by atoms with Crippen molar-refractivity contribution in [3.05, 3.63) is 65.9 Å². The Hall–Kier alpha value is -3.23. The number of halogens is 4. The average Bonchev–Trinajstić information content (AvgIpc) is 3.00. The number of rotatable bonds is 3. The minimum absolute atomic E-state index is 0.0446. The van der Waals surface area contributed by atoms with E-state index >= 15 is 0 Å². The molecule has 9 heteroatoms. The van der Waals surface area contributed by atoms with Crippen molar-refractivity contribution in [1.29, 1.82) is 0 Å². The van der Waals surface area contributed by atoms with Crippen LogP contribution in [0.4, 0.5) is 17.6 Å². The maximum Gasteiger partial charge on any atom is 0.419 e. The number of alkyl halides is 3. The van der Waals surface area contributed by atoms with E-state index in [0.29, 0.717) is 17.7 Å². The van der Waals surface area contributed by atoms with Gasteiger partial charge in [0.1, 0.15) is 5.82 Å². The van der Waals surface area contributed by atoms with E-state index in [0.717, 1.165) is 10.7 Å². The normalized spacial score (nSPS) is 11.5. The van der Waals surface area contributed by atoms with Crippen LogP contribution in [0, 0.1) is 5.82 Å². The van der Waals surface area contributed by atoms with Gasteiger partial charge in [0.15, 0.2) is 5.69 Å². The van der Waals surface area contributed by atoms with Gasteiger partial charge in [-0.3, -0.25) is 4.98 Å². The summed E-state index contributed by atoms with van der Waals surface area (Å²) in [6.45, 7) is 0. The minimum Gasteiger partial charge on any atom is -0.476 e. The van der Waals surface area contributed by atoms with Crippen LogP contribution >= 0.6 is 0 Å². The SMILES string of the molecule is O=C(O)c1cc(-c2cccnc2)n(-c2ccc(C(F)(F)F)c(F)c2)n1. The molecule has 1 aromatic carbocycles. The molecule has 0 aliphatic rings. The van der Waals surface area contributed by atoms with Crippen molar-refractivity contribution in [3.8, 4) is 16.9 Å². The van der Waals surface area contributed by atoms with Crippen LogP contribution in [-0.2, 0) is 6.18 Å².